The molecule has 5 rings (SSSR count). The molecule has 5 atom stereocenters. The topological polar surface area (TPSA) is 78.5 Å². The molecule has 3 aliphatic rings. The summed E-state index contributed by atoms with van der Waals surface area (Å²) in [5.74, 6) is 0.570. The van der Waals surface area contributed by atoms with E-state index in [9.17, 15) is 14.7 Å². The molecule has 0 amide bonds. The van der Waals surface area contributed by atoms with Gasteiger partial charge in [0.15, 0.2) is 0 Å². The second-order valence-electron chi connectivity index (χ2n) is 8.23. The van der Waals surface area contributed by atoms with Crippen LogP contribution in [0.1, 0.15) is 63.1 Å². The highest BCUT2D eigenvalue weighted by atomic mass is 16.5. The van der Waals surface area contributed by atoms with Crippen molar-refractivity contribution < 1.29 is 19.4 Å². The first-order valence-corrected chi connectivity index (χ1v) is 9.87. The van der Waals surface area contributed by atoms with Gasteiger partial charge < -0.3 is 20.0 Å². The first-order valence-electron chi connectivity index (χ1n) is 9.87. The lowest BCUT2D eigenvalue weighted by atomic mass is 9.67. The lowest BCUT2D eigenvalue weighted by Crippen LogP contribution is -2.37. The van der Waals surface area contributed by atoms with E-state index in [0.717, 1.165) is 11.1 Å². The first kappa shape index (κ1) is 17.3. The number of carbonyl (C=O) groups is 2. The van der Waals surface area contributed by atoms with Gasteiger partial charge in [-0.05, 0) is 66.2 Å². The summed E-state index contributed by atoms with van der Waals surface area (Å²) in [6, 6.07) is 13.0. The monoisotopic (exact) mass is 376 g/mol. The van der Waals surface area contributed by atoms with E-state index in [4.69, 9.17) is 4.74 Å². The summed E-state index contributed by atoms with van der Waals surface area (Å²) in [6.45, 7) is 0. The smallest absolute Gasteiger partial charge is 0.337 e. The predicted molar refractivity (Wildman–Crippen MR) is 102 cm³/mol. The van der Waals surface area contributed by atoms with Crippen LogP contribution >= 0.6 is 0 Å². The number of anilines is 1. The van der Waals surface area contributed by atoms with Crippen molar-refractivity contribution in [1.82, 2.24) is 0 Å². The normalized spacial score (nSPS) is 29.5. The third-order valence-electron chi connectivity index (χ3n) is 7.03. The minimum Gasteiger partial charge on any atom is -0.545 e. The number of fused-ring (bicyclic) bond motifs is 7. The summed E-state index contributed by atoms with van der Waals surface area (Å²) in [4.78, 5) is 23.5. The van der Waals surface area contributed by atoms with Crippen LogP contribution in [0.5, 0.6) is 0 Å². The molecule has 2 aliphatic carbocycles. The maximum Gasteiger partial charge on any atom is 0.337 e. The Morgan fingerprint density at radius 1 is 1.07 bits per heavy atom. The standard InChI is InChI=1S/C23H23NO4/c1-28-23(27)13-7-5-12(6-8-13)20-19-15-10-9-14(11-15)18(19)16-3-2-4-17(22(25)26)21(16)24-20/h2-8,14-15,18-20,24H,9-11H2,1H3,(H,25,26)/p-1/t14-,15+,18+,19-,20-/m0/s1. The lowest BCUT2D eigenvalue weighted by molar-refractivity contribution is -0.254. The molecule has 2 aromatic carbocycles. The highest BCUT2D eigenvalue weighted by Gasteiger charge is 2.54. The van der Waals surface area contributed by atoms with Crippen molar-refractivity contribution in [3.05, 3.63) is 64.7 Å². The number of carboxylic acid groups (broad SMARTS) is 1. The Labute approximate surface area is 163 Å². The number of rotatable bonds is 3. The van der Waals surface area contributed by atoms with Gasteiger partial charge in [-0.3, -0.25) is 0 Å². The summed E-state index contributed by atoms with van der Waals surface area (Å²) in [6.07, 6.45) is 3.66. The summed E-state index contributed by atoms with van der Waals surface area (Å²) >= 11 is 0. The molecule has 0 saturated heterocycles. The molecule has 28 heavy (non-hydrogen) atoms. The molecule has 0 spiro atoms. The number of carboxylic acids is 1. The molecule has 1 N–H and O–H groups in total. The summed E-state index contributed by atoms with van der Waals surface area (Å²) in [7, 11) is 1.37. The molecular weight excluding hydrogens is 354 g/mol. The van der Waals surface area contributed by atoms with Gasteiger partial charge in [0.1, 0.15) is 0 Å². The van der Waals surface area contributed by atoms with Gasteiger partial charge >= 0.3 is 5.97 Å². The quantitative estimate of drug-likeness (QED) is 0.833. The molecule has 2 saturated carbocycles. The molecule has 2 aromatic rings. The Morgan fingerprint density at radius 3 is 2.54 bits per heavy atom. The minimum atomic E-state index is -1.15. The van der Waals surface area contributed by atoms with Crippen molar-refractivity contribution >= 4 is 17.6 Å². The van der Waals surface area contributed by atoms with Gasteiger partial charge in [-0.25, -0.2) is 4.79 Å². The first-order chi connectivity index (χ1) is 13.6. The molecule has 5 heteroatoms. The van der Waals surface area contributed by atoms with Gasteiger partial charge in [0.2, 0.25) is 0 Å². The molecule has 0 aromatic heterocycles. The van der Waals surface area contributed by atoms with E-state index >= 15 is 0 Å². The van der Waals surface area contributed by atoms with E-state index in [1.165, 1.54) is 26.4 Å². The van der Waals surface area contributed by atoms with Crippen LogP contribution in [0, 0.1) is 17.8 Å². The molecule has 0 unspecified atom stereocenters. The minimum absolute atomic E-state index is 0.0278. The van der Waals surface area contributed by atoms with E-state index in [1.807, 2.05) is 18.2 Å². The van der Waals surface area contributed by atoms with Gasteiger partial charge in [-0.15, -0.1) is 0 Å². The Hall–Kier alpha value is -2.82. The molecule has 144 valence electrons. The van der Waals surface area contributed by atoms with Crippen molar-refractivity contribution in [2.75, 3.05) is 12.4 Å². The number of aromatic carboxylic acids is 1. The van der Waals surface area contributed by atoms with Gasteiger partial charge in [0.05, 0.1) is 24.7 Å². The number of esters is 1. The van der Waals surface area contributed by atoms with Crippen molar-refractivity contribution in [2.24, 2.45) is 17.8 Å². The van der Waals surface area contributed by atoms with E-state index in [-0.39, 0.29) is 17.6 Å². The Morgan fingerprint density at radius 2 is 1.82 bits per heavy atom. The van der Waals surface area contributed by atoms with Gasteiger partial charge in [-0.1, -0.05) is 30.3 Å². The number of carbonyl (C=O) groups excluding carboxylic acids is 2. The highest BCUT2D eigenvalue weighted by Crippen LogP contribution is 2.63. The number of para-hydroxylation sites is 1. The van der Waals surface area contributed by atoms with Gasteiger partial charge in [0, 0.05) is 11.3 Å². The van der Waals surface area contributed by atoms with Crippen LogP contribution in [0.3, 0.4) is 0 Å². The van der Waals surface area contributed by atoms with E-state index < -0.39 is 5.97 Å². The number of hydrogen-bond acceptors (Lipinski definition) is 5. The highest BCUT2D eigenvalue weighted by molar-refractivity contribution is 5.94. The van der Waals surface area contributed by atoms with Crippen LogP contribution < -0.4 is 10.4 Å². The molecular formula is C23H22NO4-. The van der Waals surface area contributed by atoms with E-state index in [1.54, 1.807) is 18.2 Å². The summed E-state index contributed by atoms with van der Waals surface area (Å²) < 4.78 is 4.79. The zero-order valence-corrected chi connectivity index (χ0v) is 15.7. The largest absolute Gasteiger partial charge is 0.545 e. The Bertz CT molecular complexity index is 952. The third-order valence-corrected chi connectivity index (χ3v) is 7.03. The number of nitrogens with one attached hydrogen (secondary N) is 1. The number of benzene rings is 2. The van der Waals surface area contributed by atoms with Crippen LogP contribution in [-0.4, -0.2) is 19.0 Å². The SMILES string of the molecule is COC(=O)c1ccc([C@@H]2Nc3c(C(=O)[O-])cccc3[C@H]3[C@H]4CC[C@H](C4)[C@@H]32)cc1. The van der Waals surface area contributed by atoms with Crippen LogP contribution in [0.4, 0.5) is 5.69 Å². The molecule has 1 aliphatic heterocycles. The molecule has 0 radical (unpaired) electrons. The maximum atomic E-state index is 11.8. The van der Waals surface area contributed by atoms with Crippen molar-refractivity contribution in [1.29, 1.82) is 0 Å². The average Bonchev–Trinajstić information content (AvgIpc) is 3.35. The van der Waals surface area contributed by atoms with Crippen LogP contribution in [0.25, 0.3) is 0 Å². The van der Waals surface area contributed by atoms with Crippen LogP contribution in [0.15, 0.2) is 42.5 Å². The fraction of sp³-hybridized carbons (Fsp3) is 0.391. The Balaban J connectivity index is 1.59. The van der Waals surface area contributed by atoms with Crippen molar-refractivity contribution in [3.63, 3.8) is 0 Å². The zero-order valence-electron chi connectivity index (χ0n) is 15.7. The second kappa shape index (κ2) is 6.36. The fourth-order valence-corrected chi connectivity index (χ4v) is 5.96. The number of ether oxygens (including phenoxy) is 1. The van der Waals surface area contributed by atoms with Crippen LogP contribution in [-0.2, 0) is 4.74 Å². The average molecular weight is 376 g/mol. The number of methoxy groups -OCH3 is 1. The van der Waals surface area contributed by atoms with Crippen LogP contribution in [0.2, 0.25) is 0 Å². The molecule has 5 nitrogen and oxygen atoms in total. The van der Waals surface area contributed by atoms with Crippen molar-refractivity contribution in [2.45, 2.75) is 31.2 Å². The predicted octanol–water partition coefficient (Wildman–Crippen LogP) is 3.13. The molecule has 2 fully saturated rings. The van der Waals surface area contributed by atoms with Crippen molar-refractivity contribution in [3.8, 4) is 0 Å². The van der Waals surface area contributed by atoms with Gasteiger partial charge in [-0.2, -0.15) is 0 Å². The summed E-state index contributed by atoms with van der Waals surface area (Å²) in [5.41, 5.74) is 3.66. The van der Waals surface area contributed by atoms with E-state index in [2.05, 4.69) is 11.4 Å². The Kier molecular flexibility index (Phi) is 3.93. The number of hydrogen-bond donors (Lipinski definition) is 1. The molecule has 2 bridgehead atoms. The molecule has 1 heterocycles. The maximum absolute atomic E-state index is 11.8. The fourth-order valence-electron chi connectivity index (χ4n) is 5.96. The summed E-state index contributed by atoms with van der Waals surface area (Å²) in [5, 5.41) is 15.3. The second-order valence-corrected chi connectivity index (χ2v) is 8.23. The van der Waals surface area contributed by atoms with Gasteiger partial charge in [0.25, 0.3) is 0 Å². The van der Waals surface area contributed by atoms with E-state index in [0.29, 0.717) is 34.9 Å². The zero-order chi connectivity index (χ0) is 19.4. The lowest BCUT2D eigenvalue weighted by Gasteiger charge is -2.44. The third kappa shape index (κ3) is 2.45.